The fourth-order valence-corrected chi connectivity index (χ4v) is 2.85. The van der Waals surface area contributed by atoms with Gasteiger partial charge in [-0.05, 0) is 25.0 Å². The lowest BCUT2D eigenvalue weighted by Gasteiger charge is -2.23. The Labute approximate surface area is 163 Å². The highest BCUT2D eigenvalue weighted by molar-refractivity contribution is 5.14. The summed E-state index contributed by atoms with van der Waals surface area (Å²) in [6, 6.07) is 20.4. The van der Waals surface area contributed by atoms with Crippen LogP contribution in [-0.4, -0.2) is 32.7 Å². The van der Waals surface area contributed by atoms with E-state index in [-0.39, 0.29) is 12.2 Å². The fraction of sp³-hybridized carbons (Fsp3) is 0.478. The van der Waals surface area contributed by atoms with Crippen LogP contribution in [0.25, 0.3) is 0 Å². The van der Waals surface area contributed by atoms with Crippen LogP contribution >= 0.6 is 0 Å². The van der Waals surface area contributed by atoms with Crippen LogP contribution in [0.15, 0.2) is 60.7 Å². The first-order valence-corrected chi connectivity index (χ1v) is 9.78. The topological polar surface area (TPSA) is 36.9 Å². The second kappa shape index (κ2) is 13.4. The highest BCUT2D eigenvalue weighted by Crippen LogP contribution is 2.15. The van der Waals surface area contributed by atoms with Gasteiger partial charge in [-0.3, -0.25) is 0 Å². The van der Waals surface area contributed by atoms with Crippen molar-refractivity contribution < 1.29 is 18.9 Å². The molecule has 2 aromatic carbocycles. The van der Waals surface area contributed by atoms with Crippen molar-refractivity contribution in [3.63, 3.8) is 0 Å². The molecule has 4 heteroatoms. The Balaban J connectivity index is 1.83. The first kappa shape index (κ1) is 21.6. The Morgan fingerprint density at radius 1 is 0.667 bits per heavy atom. The molecule has 0 heterocycles. The quantitative estimate of drug-likeness (QED) is 0.445. The molecule has 2 aromatic rings. The van der Waals surface area contributed by atoms with Gasteiger partial charge >= 0.3 is 0 Å². The number of hydrogen-bond donors (Lipinski definition) is 0. The number of rotatable bonds is 14. The van der Waals surface area contributed by atoms with Gasteiger partial charge in [0.25, 0.3) is 0 Å². The number of ether oxygens (including phenoxy) is 4. The van der Waals surface area contributed by atoms with Gasteiger partial charge in [0.05, 0.1) is 26.4 Å². The molecule has 4 nitrogen and oxygen atoms in total. The van der Waals surface area contributed by atoms with Crippen molar-refractivity contribution in [3.05, 3.63) is 71.8 Å². The van der Waals surface area contributed by atoms with E-state index in [1.165, 1.54) is 11.1 Å². The standard InChI is InChI=1S/C23H32O4/c1-3-26-23(27-4-2)15-22(18-24-16-20-11-7-5-8-12-20)19-25-17-21-13-9-6-10-14-21/h5-14,22-23H,3-4,15-19H2,1-2H3. The smallest absolute Gasteiger partial charge is 0.157 e. The van der Waals surface area contributed by atoms with Crippen molar-refractivity contribution in [1.82, 2.24) is 0 Å². The van der Waals surface area contributed by atoms with Crippen LogP contribution in [0, 0.1) is 5.92 Å². The molecular formula is C23H32O4. The molecule has 0 fully saturated rings. The van der Waals surface area contributed by atoms with E-state index in [0.717, 1.165) is 6.42 Å². The molecule has 0 atom stereocenters. The van der Waals surface area contributed by atoms with Crippen molar-refractivity contribution in [2.75, 3.05) is 26.4 Å². The SMILES string of the molecule is CCOC(CC(COCc1ccccc1)COCc1ccccc1)OCC. The maximum Gasteiger partial charge on any atom is 0.157 e. The van der Waals surface area contributed by atoms with E-state index in [2.05, 4.69) is 24.3 Å². The number of hydrogen-bond acceptors (Lipinski definition) is 4. The summed E-state index contributed by atoms with van der Waals surface area (Å²) in [4.78, 5) is 0. The molecule has 0 aromatic heterocycles. The molecular weight excluding hydrogens is 340 g/mol. The minimum atomic E-state index is -0.217. The number of benzene rings is 2. The highest BCUT2D eigenvalue weighted by Gasteiger charge is 2.18. The third kappa shape index (κ3) is 9.16. The fourth-order valence-electron chi connectivity index (χ4n) is 2.85. The van der Waals surface area contributed by atoms with Crippen LogP contribution < -0.4 is 0 Å². The molecule has 27 heavy (non-hydrogen) atoms. The van der Waals surface area contributed by atoms with Crippen LogP contribution in [0.4, 0.5) is 0 Å². The molecule has 148 valence electrons. The summed E-state index contributed by atoms with van der Waals surface area (Å²) in [6.45, 7) is 7.66. The molecule has 0 saturated heterocycles. The normalized spacial score (nSPS) is 11.4. The van der Waals surface area contributed by atoms with Gasteiger partial charge in [0, 0.05) is 25.6 Å². The lowest BCUT2D eigenvalue weighted by Crippen LogP contribution is -2.26. The summed E-state index contributed by atoms with van der Waals surface area (Å²) in [6.07, 6.45) is 0.538. The van der Waals surface area contributed by atoms with Crippen molar-refractivity contribution in [1.29, 1.82) is 0 Å². The van der Waals surface area contributed by atoms with E-state index in [0.29, 0.717) is 39.6 Å². The zero-order valence-corrected chi connectivity index (χ0v) is 16.5. The van der Waals surface area contributed by atoms with Crippen molar-refractivity contribution in [3.8, 4) is 0 Å². The van der Waals surface area contributed by atoms with E-state index in [1.807, 2.05) is 50.2 Å². The molecule has 0 spiro atoms. The van der Waals surface area contributed by atoms with E-state index >= 15 is 0 Å². The van der Waals surface area contributed by atoms with Crippen LogP contribution in [0.1, 0.15) is 31.4 Å². The molecule has 2 rings (SSSR count). The zero-order chi connectivity index (χ0) is 19.2. The molecule has 0 unspecified atom stereocenters. The Kier molecular flexibility index (Phi) is 10.7. The monoisotopic (exact) mass is 372 g/mol. The minimum Gasteiger partial charge on any atom is -0.376 e. The largest absolute Gasteiger partial charge is 0.376 e. The Bertz CT molecular complexity index is 536. The van der Waals surface area contributed by atoms with Crippen LogP contribution in [0.2, 0.25) is 0 Å². The predicted octanol–water partition coefficient (Wildman–Crippen LogP) is 4.83. The lowest BCUT2D eigenvalue weighted by molar-refractivity contribution is -0.153. The molecule has 0 radical (unpaired) electrons. The second-order valence-electron chi connectivity index (χ2n) is 6.44. The van der Waals surface area contributed by atoms with Crippen molar-refractivity contribution in [2.45, 2.75) is 39.8 Å². The second-order valence-corrected chi connectivity index (χ2v) is 6.44. The van der Waals surface area contributed by atoms with E-state index in [9.17, 15) is 0 Å². The van der Waals surface area contributed by atoms with Gasteiger partial charge < -0.3 is 18.9 Å². The molecule has 0 aliphatic heterocycles. The van der Waals surface area contributed by atoms with Gasteiger partial charge in [-0.2, -0.15) is 0 Å². The Morgan fingerprint density at radius 2 is 1.11 bits per heavy atom. The van der Waals surface area contributed by atoms with E-state index in [1.54, 1.807) is 0 Å². The average molecular weight is 373 g/mol. The zero-order valence-electron chi connectivity index (χ0n) is 16.5. The van der Waals surface area contributed by atoms with Crippen molar-refractivity contribution >= 4 is 0 Å². The van der Waals surface area contributed by atoms with E-state index in [4.69, 9.17) is 18.9 Å². The van der Waals surface area contributed by atoms with Crippen LogP contribution in [0.5, 0.6) is 0 Å². The molecule has 0 amide bonds. The average Bonchev–Trinajstić information content (AvgIpc) is 2.70. The highest BCUT2D eigenvalue weighted by atomic mass is 16.7. The molecule has 0 aliphatic carbocycles. The summed E-state index contributed by atoms with van der Waals surface area (Å²) in [5, 5.41) is 0. The van der Waals surface area contributed by atoms with Gasteiger partial charge in [0.1, 0.15) is 0 Å². The molecule has 0 bridgehead atoms. The van der Waals surface area contributed by atoms with Gasteiger partial charge in [0.15, 0.2) is 6.29 Å². The minimum absolute atomic E-state index is 0.209. The van der Waals surface area contributed by atoms with Crippen LogP contribution in [0.3, 0.4) is 0 Å². The van der Waals surface area contributed by atoms with Crippen molar-refractivity contribution in [2.24, 2.45) is 5.92 Å². The predicted molar refractivity (Wildman–Crippen MR) is 107 cm³/mol. The first-order chi connectivity index (χ1) is 13.3. The van der Waals surface area contributed by atoms with Gasteiger partial charge in [-0.15, -0.1) is 0 Å². The summed E-state index contributed by atoms with van der Waals surface area (Å²) in [5.41, 5.74) is 2.35. The van der Waals surface area contributed by atoms with E-state index < -0.39 is 0 Å². The molecule has 0 saturated carbocycles. The third-order valence-electron chi connectivity index (χ3n) is 4.16. The third-order valence-corrected chi connectivity index (χ3v) is 4.16. The summed E-state index contributed by atoms with van der Waals surface area (Å²) in [7, 11) is 0. The maximum atomic E-state index is 5.95. The summed E-state index contributed by atoms with van der Waals surface area (Å²) in [5.74, 6) is 0.209. The molecule has 0 N–H and O–H groups in total. The summed E-state index contributed by atoms with van der Waals surface area (Å²) < 4.78 is 23.3. The van der Waals surface area contributed by atoms with Crippen LogP contribution in [-0.2, 0) is 32.2 Å². The van der Waals surface area contributed by atoms with Gasteiger partial charge in [-0.25, -0.2) is 0 Å². The maximum absolute atomic E-state index is 5.95. The van der Waals surface area contributed by atoms with Gasteiger partial charge in [0.2, 0.25) is 0 Å². The summed E-state index contributed by atoms with van der Waals surface area (Å²) >= 11 is 0. The Morgan fingerprint density at radius 3 is 1.52 bits per heavy atom. The Hall–Kier alpha value is -1.72. The lowest BCUT2D eigenvalue weighted by atomic mass is 10.1. The molecule has 0 aliphatic rings. The first-order valence-electron chi connectivity index (χ1n) is 9.78. The van der Waals surface area contributed by atoms with Gasteiger partial charge in [-0.1, -0.05) is 60.7 Å².